The van der Waals surface area contributed by atoms with E-state index in [4.69, 9.17) is 9.78 Å². The smallest absolute Gasteiger partial charge is 0.178 e. The standard InChI is InChI=1S/C12H10O2.2C10H9NO.Al/c1-3-7-11(8-4-1)13-14-12-9-5-2-6-10-12;2*1-7-5-6-8-3-2-4-9(12)10(8)11-7;/h1-10H;2*2-6,12H,1H3;. The first-order valence-electron chi connectivity index (χ1n) is 12.0. The molecule has 2 aromatic heterocycles. The second-order valence-corrected chi connectivity index (χ2v) is 8.40. The summed E-state index contributed by atoms with van der Waals surface area (Å²) in [6.45, 7) is 3.82. The van der Waals surface area contributed by atoms with Crippen molar-refractivity contribution in [1.29, 1.82) is 0 Å². The summed E-state index contributed by atoms with van der Waals surface area (Å²) in [7, 11) is 0. The summed E-state index contributed by atoms with van der Waals surface area (Å²) in [4.78, 5) is 18.6. The Bertz CT molecular complexity index is 1490. The molecule has 193 valence electrons. The van der Waals surface area contributed by atoms with Crippen LogP contribution in [0.25, 0.3) is 21.8 Å². The molecular weight excluding hydrogens is 503 g/mol. The highest BCUT2D eigenvalue weighted by Crippen LogP contribution is 2.22. The third kappa shape index (κ3) is 8.47. The average Bonchev–Trinajstić information content (AvgIpc) is 2.95. The number of nitrogens with zero attached hydrogens (tertiary/aromatic N) is 2. The minimum Gasteiger partial charge on any atom is -0.506 e. The van der Waals surface area contributed by atoms with Gasteiger partial charge in [-0.05, 0) is 62.4 Å². The van der Waals surface area contributed by atoms with Gasteiger partial charge in [0.1, 0.15) is 22.5 Å². The highest BCUT2D eigenvalue weighted by atomic mass is 27.0. The number of aromatic hydroxyl groups is 2. The van der Waals surface area contributed by atoms with E-state index in [2.05, 4.69) is 9.97 Å². The predicted octanol–water partition coefficient (Wildman–Crippen LogP) is 7.18. The van der Waals surface area contributed by atoms with Gasteiger partial charge in [-0.3, -0.25) is 9.78 Å². The second kappa shape index (κ2) is 14.4. The summed E-state index contributed by atoms with van der Waals surface area (Å²) < 4.78 is 0. The molecule has 7 heteroatoms. The van der Waals surface area contributed by atoms with Crippen LogP contribution < -0.4 is 9.78 Å². The van der Waals surface area contributed by atoms with Crippen molar-refractivity contribution >= 4 is 39.2 Å². The van der Waals surface area contributed by atoms with Gasteiger partial charge in [0.2, 0.25) is 0 Å². The average molecular weight is 532 g/mol. The van der Waals surface area contributed by atoms with Gasteiger partial charge in [-0.1, -0.05) is 72.8 Å². The first-order valence-corrected chi connectivity index (χ1v) is 12.0. The largest absolute Gasteiger partial charge is 0.506 e. The second-order valence-electron chi connectivity index (χ2n) is 8.40. The number of phenols is 2. The third-order valence-corrected chi connectivity index (χ3v) is 5.40. The molecule has 0 saturated carbocycles. The number of hydrogen-bond donors (Lipinski definition) is 2. The molecular formula is C32H28AlN2O4. The van der Waals surface area contributed by atoms with Crippen molar-refractivity contribution < 1.29 is 20.0 Å². The summed E-state index contributed by atoms with van der Waals surface area (Å²) >= 11 is 0. The minimum absolute atomic E-state index is 0. The number of aryl methyl sites for hydroxylation is 2. The number of aromatic nitrogens is 2. The number of hydrogen-bond acceptors (Lipinski definition) is 6. The first kappa shape index (κ1) is 29.0. The van der Waals surface area contributed by atoms with Crippen molar-refractivity contribution in [1.82, 2.24) is 9.97 Å². The molecule has 0 aliphatic heterocycles. The molecule has 0 spiro atoms. The molecule has 0 fully saturated rings. The Balaban J connectivity index is 0.000000160. The fourth-order valence-electron chi connectivity index (χ4n) is 3.51. The van der Waals surface area contributed by atoms with Crippen molar-refractivity contribution in [3.63, 3.8) is 0 Å². The Morgan fingerprint density at radius 3 is 1.23 bits per heavy atom. The zero-order valence-electron chi connectivity index (χ0n) is 21.7. The first-order chi connectivity index (χ1) is 18.5. The summed E-state index contributed by atoms with van der Waals surface area (Å²) in [5.74, 6) is 1.88. The Labute approximate surface area is 238 Å². The molecule has 0 saturated heterocycles. The van der Waals surface area contributed by atoms with Gasteiger partial charge in [0, 0.05) is 39.5 Å². The summed E-state index contributed by atoms with van der Waals surface area (Å²) in [6.07, 6.45) is 0. The van der Waals surface area contributed by atoms with Gasteiger partial charge in [0.25, 0.3) is 0 Å². The maximum Gasteiger partial charge on any atom is 0.178 e. The van der Waals surface area contributed by atoms with Crippen LogP contribution in [0, 0.1) is 13.8 Å². The fraction of sp³-hybridized carbons (Fsp3) is 0.0625. The Morgan fingerprint density at radius 2 is 0.846 bits per heavy atom. The lowest BCUT2D eigenvalue weighted by molar-refractivity contribution is -0.0999. The van der Waals surface area contributed by atoms with Crippen molar-refractivity contribution in [2.24, 2.45) is 0 Å². The molecule has 0 bridgehead atoms. The van der Waals surface area contributed by atoms with E-state index < -0.39 is 0 Å². The molecule has 0 aliphatic rings. The number of benzene rings is 4. The van der Waals surface area contributed by atoms with Gasteiger partial charge >= 0.3 is 0 Å². The van der Waals surface area contributed by atoms with Crippen molar-refractivity contribution in [2.45, 2.75) is 13.8 Å². The lowest BCUT2D eigenvalue weighted by Crippen LogP contribution is -1.99. The monoisotopic (exact) mass is 531 g/mol. The van der Waals surface area contributed by atoms with Gasteiger partial charge in [-0.15, -0.1) is 0 Å². The summed E-state index contributed by atoms with van der Waals surface area (Å²) in [5.41, 5.74) is 3.20. The number of pyridine rings is 2. The molecule has 3 radical (unpaired) electrons. The van der Waals surface area contributed by atoms with E-state index in [1.807, 2.05) is 123 Å². The highest BCUT2D eigenvalue weighted by molar-refractivity contribution is 5.84. The number of phenolic OH excluding ortho intramolecular Hbond substituents is 2. The summed E-state index contributed by atoms with van der Waals surface area (Å²) in [5, 5.41) is 20.8. The molecule has 6 aromatic rings. The minimum atomic E-state index is 0. The van der Waals surface area contributed by atoms with Crippen LogP contribution in [0.15, 0.2) is 121 Å². The molecule has 0 atom stereocenters. The predicted molar refractivity (Wildman–Crippen MR) is 156 cm³/mol. The van der Waals surface area contributed by atoms with Gasteiger partial charge in [0.15, 0.2) is 11.5 Å². The Morgan fingerprint density at radius 1 is 0.462 bits per heavy atom. The topological polar surface area (TPSA) is 84.7 Å². The van der Waals surface area contributed by atoms with E-state index in [0.717, 1.165) is 22.2 Å². The highest BCUT2D eigenvalue weighted by Gasteiger charge is 2.00. The van der Waals surface area contributed by atoms with Crippen LogP contribution in [0.4, 0.5) is 0 Å². The van der Waals surface area contributed by atoms with Crippen molar-refractivity contribution in [2.75, 3.05) is 0 Å². The molecule has 0 aliphatic carbocycles. The van der Waals surface area contributed by atoms with E-state index >= 15 is 0 Å². The molecule has 39 heavy (non-hydrogen) atoms. The van der Waals surface area contributed by atoms with Crippen LogP contribution in [0.3, 0.4) is 0 Å². The van der Waals surface area contributed by atoms with Crippen LogP contribution in [-0.2, 0) is 0 Å². The van der Waals surface area contributed by atoms with Crippen molar-refractivity contribution in [3.8, 4) is 23.0 Å². The SMILES string of the molecule is Cc1ccc2cccc(O)c2n1.Cc1ccc2cccc(O)c2n1.[Al].c1ccc(OOc2ccccc2)cc1. The van der Waals surface area contributed by atoms with Crippen LogP contribution in [0.5, 0.6) is 23.0 Å². The number of para-hydroxylation sites is 4. The molecule has 0 unspecified atom stereocenters. The Kier molecular flexibility index (Phi) is 10.7. The quantitative estimate of drug-likeness (QED) is 0.143. The lowest BCUT2D eigenvalue weighted by atomic mass is 10.2. The zero-order valence-corrected chi connectivity index (χ0v) is 22.9. The maximum atomic E-state index is 9.43. The summed E-state index contributed by atoms with van der Waals surface area (Å²) in [6, 6.07) is 37.3. The normalized spacial score (nSPS) is 9.79. The maximum absolute atomic E-state index is 9.43. The van der Waals surface area contributed by atoms with Crippen LogP contribution in [0.1, 0.15) is 11.4 Å². The van der Waals surface area contributed by atoms with E-state index in [-0.39, 0.29) is 28.9 Å². The van der Waals surface area contributed by atoms with E-state index in [9.17, 15) is 10.2 Å². The van der Waals surface area contributed by atoms with Gasteiger partial charge in [-0.25, -0.2) is 9.97 Å². The third-order valence-electron chi connectivity index (χ3n) is 5.40. The van der Waals surface area contributed by atoms with Crippen LogP contribution in [-0.4, -0.2) is 37.5 Å². The van der Waals surface area contributed by atoms with E-state index in [0.29, 0.717) is 22.5 Å². The molecule has 6 nitrogen and oxygen atoms in total. The zero-order chi connectivity index (χ0) is 26.7. The number of fused-ring (bicyclic) bond motifs is 2. The van der Waals surface area contributed by atoms with E-state index in [1.54, 1.807) is 12.1 Å². The lowest BCUT2D eigenvalue weighted by Gasteiger charge is -2.04. The molecule has 0 amide bonds. The van der Waals surface area contributed by atoms with Gasteiger partial charge in [-0.2, -0.15) is 0 Å². The van der Waals surface area contributed by atoms with Crippen LogP contribution >= 0.6 is 0 Å². The van der Waals surface area contributed by atoms with E-state index in [1.165, 1.54) is 0 Å². The van der Waals surface area contributed by atoms with Gasteiger partial charge < -0.3 is 10.2 Å². The fourth-order valence-corrected chi connectivity index (χ4v) is 3.51. The Hall–Kier alpha value is -4.57. The van der Waals surface area contributed by atoms with Crippen LogP contribution in [0.2, 0.25) is 0 Å². The van der Waals surface area contributed by atoms with Crippen molar-refractivity contribution in [3.05, 3.63) is 133 Å². The molecule has 4 aromatic carbocycles. The molecule has 2 N–H and O–H groups in total. The molecule has 6 rings (SSSR count). The van der Waals surface area contributed by atoms with Gasteiger partial charge in [0.05, 0.1) is 0 Å². The molecule has 2 heterocycles. The number of rotatable bonds is 3.